The van der Waals surface area contributed by atoms with Crippen LogP contribution in [0.15, 0.2) is 36.5 Å². The number of nitrogens with one attached hydrogen (secondary N) is 1. The van der Waals surface area contributed by atoms with Crippen LogP contribution < -0.4 is 10.1 Å². The van der Waals surface area contributed by atoms with E-state index in [0.717, 1.165) is 31.0 Å². The van der Waals surface area contributed by atoms with Gasteiger partial charge < -0.3 is 10.1 Å². The summed E-state index contributed by atoms with van der Waals surface area (Å²) in [5.41, 5.74) is 2.38. The number of hydrogen-bond acceptors (Lipinski definition) is 5. The fourth-order valence-electron chi connectivity index (χ4n) is 3.20. The zero-order valence-corrected chi connectivity index (χ0v) is 13.8. The zero-order valence-electron chi connectivity index (χ0n) is 13.8. The van der Waals surface area contributed by atoms with E-state index in [1.54, 1.807) is 7.11 Å². The van der Waals surface area contributed by atoms with Crippen molar-refractivity contribution in [3.63, 3.8) is 0 Å². The number of likely N-dealkylation sites (tertiary alicyclic amines) is 1. The van der Waals surface area contributed by atoms with Gasteiger partial charge in [-0.15, -0.1) is 0 Å². The molecule has 0 amide bonds. The molecule has 0 spiro atoms. The monoisotopic (exact) mass is 312 g/mol. The lowest BCUT2D eigenvalue weighted by molar-refractivity contribution is 0.137. The number of hydrogen-bond donors (Lipinski definition) is 1. The Kier molecular flexibility index (Phi) is 5.08. The molecule has 2 heterocycles. The first kappa shape index (κ1) is 15.7. The quantitative estimate of drug-likeness (QED) is 0.918. The first-order chi connectivity index (χ1) is 11.3. The lowest BCUT2D eigenvalue weighted by Crippen LogP contribution is -2.33. The predicted octanol–water partition coefficient (Wildman–Crippen LogP) is 3.25. The Labute approximate surface area is 137 Å². The number of ether oxygens (including phenoxy) is 1. The molecule has 1 fully saturated rings. The van der Waals surface area contributed by atoms with E-state index in [4.69, 9.17) is 4.74 Å². The van der Waals surface area contributed by atoms with Gasteiger partial charge in [0.05, 0.1) is 18.8 Å². The van der Waals surface area contributed by atoms with E-state index in [1.807, 2.05) is 25.4 Å². The van der Waals surface area contributed by atoms with E-state index in [1.165, 1.54) is 18.4 Å². The Balaban J connectivity index is 1.80. The molecule has 1 saturated heterocycles. The molecule has 5 heteroatoms. The van der Waals surface area contributed by atoms with E-state index in [0.29, 0.717) is 12.0 Å². The van der Waals surface area contributed by atoms with Gasteiger partial charge in [0.1, 0.15) is 5.75 Å². The van der Waals surface area contributed by atoms with Crippen LogP contribution in [-0.2, 0) is 6.54 Å². The Morgan fingerprint density at radius 2 is 2.22 bits per heavy atom. The van der Waals surface area contributed by atoms with Gasteiger partial charge in [0.15, 0.2) is 0 Å². The fraction of sp³-hybridized carbons (Fsp3) is 0.444. The van der Waals surface area contributed by atoms with Crippen LogP contribution in [-0.4, -0.2) is 35.6 Å². The molecule has 1 aromatic heterocycles. The van der Waals surface area contributed by atoms with Crippen LogP contribution in [0.1, 0.15) is 36.6 Å². The second kappa shape index (κ2) is 7.42. The predicted molar refractivity (Wildman–Crippen MR) is 91.6 cm³/mol. The summed E-state index contributed by atoms with van der Waals surface area (Å²) >= 11 is 0. The highest BCUT2D eigenvalue weighted by Gasteiger charge is 2.25. The van der Waals surface area contributed by atoms with Gasteiger partial charge in [0.25, 0.3) is 0 Å². The molecule has 1 aliphatic heterocycles. The minimum Gasteiger partial charge on any atom is -0.497 e. The summed E-state index contributed by atoms with van der Waals surface area (Å²) in [5, 5.41) is 3.03. The third-order valence-corrected chi connectivity index (χ3v) is 4.38. The molecule has 1 atom stereocenters. The molecule has 2 aromatic rings. The average molecular weight is 312 g/mol. The van der Waals surface area contributed by atoms with Crippen LogP contribution in [0.5, 0.6) is 5.75 Å². The first-order valence-corrected chi connectivity index (χ1v) is 8.18. The van der Waals surface area contributed by atoms with Gasteiger partial charge >= 0.3 is 0 Å². The number of benzene rings is 1. The molecular weight excluding hydrogens is 288 g/mol. The Morgan fingerprint density at radius 1 is 1.30 bits per heavy atom. The van der Waals surface area contributed by atoms with Gasteiger partial charge in [-0.3, -0.25) is 4.90 Å². The molecule has 0 bridgehead atoms. The number of nitrogens with zero attached hydrogens (tertiary/aromatic N) is 3. The van der Waals surface area contributed by atoms with Crippen molar-refractivity contribution in [1.82, 2.24) is 14.9 Å². The zero-order chi connectivity index (χ0) is 16.1. The minimum atomic E-state index is 0.352. The largest absolute Gasteiger partial charge is 0.497 e. The Bertz CT molecular complexity index is 646. The van der Waals surface area contributed by atoms with Gasteiger partial charge in [-0.1, -0.05) is 18.6 Å². The van der Waals surface area contributed by atoms with Crippen LogP contribution in [0.25, 0.3) is 0 Å². The standard InChI is InChI=1S/C18H24N4O/c1-19-18-20-10-9-16(21-18)17-8-3-4-11-22(17)13-14-6-5-7-15(12-14)23-2/h5-7,9-10,12,17H,3-4,8,11,13H2,1-2H3,(H,19,20,21)/t17-/m1/s1. The summed E-state index contributed by atoms with van der Waals surface area (Å²) in [5.74, 6) is 1.60. The van der Waals surface area contributed by atoms with Gasteiger partial charge in [-0.2, -0.15) is 0 Å². The highest BCUT2D eigenvalue weighted by Crippen LogP contribution is 2.31. The summed E-state index contributed by atoms with van der Waals surface area (Å²) in [6.07, 6.45) is 5.47. The smallest absolute Gasteiger partial charge is 0.222 e. The van der Waals surface area contributed by atoms with Crippen molar-refractivity contribution in [2.24, 2.45) is 0 Å². The summed E-state index contributed by atoms with van der Waals surface area (Å²) in [6.45, 7) is 2.02. The third-order valence-electron chi connectivity index (χ3n) is 4.38. The maximum Gasteiger partial charge on any atom is 0.222 e. The van der Waals surface area contributed by atoms with Crippen LogP contribution >= 0.6 is 0 Å². The second-order valence-electron chi connectivity index (χ2n) is 5.89. The maximum atomic E-state index is 5.34. The van der Waals surface area contributed by atoms with Crippen LogP contribution in [0, 0.1) is 0 Å². The van der Waals surface area contributed by atoms with Crippen molar-refractivity contribution < 1.29 is 4.74 Å². The van der Waals surface area contributed by atoms with Gasteiger partial charge in [0, 0.05) is 19.8 Å². The lowest BCUT2D eigenvalue weighted by atomic mass is 9.98. The van der Waals surface area contributed by atoms with Gasteiger partial charge in [-0.05, 0) is 43.1 Å². The Hall–Kier alpha value is -2.14. The minimum absolute atomic E-state index is 0.352. The van der Waals surface area contributed by atoms with Crippen LogP contribution in [0.4, 0.5) is 5.95 Å². The van der Waals surface area contributed by atoms with Crippen molar-refractivity contribution in [3.05, 3.63) is 47.8 Å². The van der Waals surface area contributed by atoms with Crippen molar-refractivity contribution in [3.8, 4) is 5.75 Å². The van der Waals surface area contributed by atoms with Crippen molar-refractivity contribution >= 4 is 5.95 Å². The maximum absolute atomic E-state index is 5.34. The molecule has 0 radical (unpaired) electrons. The highest BCUT2D eigenvalue weighted by molar-refractivity contribution is 5.29. The van der Waals surface area contributed by atoms with Crippen molar-refractivity contribution in [2.75, 3.05) is 26.0 Å². The molecule has 1 aliphatic rings. The molecule has 0 unspecified atom stereocenters. The number of methoxy groups -OCH3 is 1. The van der Waals surface area contributed by atoms with E-state index >= 15 is 0 Å². The molecule has 1 aromatic carbocycles. The van der Waals surface area contributed by atoms with E-state index in [9.17, 15) is 0 Å². The summed E-state index contributed by atoms with van der Waals surface area (Å²) in [7, 11) is 3.57. The first-order valence-electron chi connectivity index (χ1n) is 8.18. The summed E-state index contributed by atoms with van der Waals surface area (Å²) in [4.78, 5) is 11.4. The topological polar surface area (TPSA) is 50.3 Å². The molecule has 3 rings (SSSR count). The highest BCUT2D eigenvalue weighted by atomic mass is 16.5. The molecule has 0 saturated carbocycles. The van der Waals surface area contributed by atoms with Crippen LogP contribution in [0.2, 0.25) is 0 Å². The molecule has 1 N–H and O–H groups in total. The van der Waals surface area contributed by atoms with Crippen molar-refractivity contribution in [1.29, 1.82) is 0 Å². The second-order valence-corrected chi connectivity index (χ2v) is 5.89. The van der Waals surface area contributed by atoms with E-state index < -0.39 is 0 Å². The van der Waals surface area contributed by atoms with Crippen molar-refractivity contribution in [2.45, 2.75) is 31.8 Å². The number of piperidine rings is 1. The number of anilines is 1. The number of aromatic nitrogens is 2. The summed E-state index contributed by atoms with van der Waals surface area (Å²) < 4.78 is 5.34. The number of rotatable bonds is 5. The van der Waals surface area contributed by atoms with Gasteiger partial charge in [-0.25, -0.2) is 9.97 Å². The molecule has 23 heavy (non-hydrogen) atoms. The summed E-state index contributed by atoms with van der Waals surface area (Å²) in [6, 6.07) is 10.7. The van der Waals surface area contributed by atoms with E-state index in [-0.39, 0.29) is 0 Å². The third kappa shape index (κ3) is 3.79. The fourth-order valence-corrected chi connectivity index (χ4v) is 3.20. The SMILES string of the molecule is CNc1nccc([C@H]2CCCCN2Cc2cccc(OC)c2)n1. The molecule has 0 aliphatic carbocycles. The average Bonchev–Trinajstić information content (AvgIpc) is 2.62. The molecule has 5 nitrogen and oxygen atoms in total. The molecule has 122 valence electrons. The van der Waals surface area contributed by atoms with E-state index in [2.05, 4.69) is 38.4 Å². The molecular formula is C18H24N4O. The normalized spacial score (nSPS) is 18.6. The van der Waals surface area contributed by atoms with Gasteiger partial charge in [0.2, 0.25) is 5.95 Å². The van der Waals surface area contributed by atoms with Crippen LogP contribution in [0.3, 0.4) is 0 Å². The Morgan fingerprint density at radius 3 is 3.04 bits per heavy atom. The lowest BCUT2D eigenvalue weighted by Gasteiger charge is -2.35.